The molecule has 3 heterocycles. The number of para-hydroxylation sites is 1. The SMILES string of the molecule is CCc1ccccc1NC(=O)CCN1C(=S)N[C@@H](c2ccccn2)[C@H]1c1cccn1-c1ccc(OC)cc1. The number of methoxy groups -OCH3 is 1. The number of aromatic nitrogens is 2. The van der Waals surface area contributed by atoms with Crippen LogP contribution >= 0.6 is 12.2 Å². The van der Waals surface area contributed by atoms with Gasteiger partial charge in [-0.2, -0.15) is 0 Å². The molecule has 0 saturated carbocycles. The first-order valence-electron chi connectivity index (χ1n) is 12.8. The van der Waals surface area contributed by atoms with Gasteiger partial charge in [0.2, 0.25) is 5.91 Å². The van der Waals surface area contributed by atoms with Crippen molar-refractivity contribution in [3.8, 4) is 11.4 Å². The molecular formula is C30H31N5O2S. The summed E-state index contributed by atoms with van der Waals surface area (Å²) in [7, 11) is 1.66. The highest BCUT2D eigenvalue weighted by molar-refractivity contribution is 7.80. The number of pyridine rings is 1. The number of benzene rings is 2. The van der Waals surface area contributed by atoms with Gasteiger partial charge in [-0.25, -0.2) is 0 Å². The van der Waals surface area contributed by atoms with Crippen LogP contribution in [0.25, 0.3) is 5.69 Å². The minimum absolute atomic E-state index is 0.0423. The van der Waals surface area contributed by atoms with Crippen LogP contribution in [0.1, 0.15) is 42.4 Å². The number of nitrogens with zero attached hydrogens (tertiary/aromatic N) is 3. The number of nitrogens with one attached hydrogen (secondary N) is 2. The minimum Gasteiger partial charge on any atom is -0.497 e. The van der Waals surface area contributed by atoms with Crippen LogP contribution in [0.15, 0.2) is 91.3 Å². The average Bonchev–Trinajstić information content (AvgIpc) is 3.57. The highest BCUT2D eigenvalue weighted by Crippen LogP contribution is 2.39. The van der Waals surface area contributed by atoms with Crippen molar-refractivity contribution in [3.05, 3.63) is 108 Å². The fourth-order valence-electron chi connectivity index (χ4n) is 4.97. The summed E-state index contributed by atoms with van der Waals surface area (Å²) >= 11 is 5.81. The number of ether oxygens (including phenoxy) is 1. The van der Waals surface area contributed by atoms with Crippen molar-refractivity contribution in [1.29, 1.82) is 0 Å². The molecule has 1 amide bonds. The van der Waals surface area contributed by atoms with Crippen molar-refractivity contribution in [1.82, 2.24) is 19.8 Å². The lowest BCUT2D eigenvalue weighted by Crippen LogP contribution is -2.33. The summed E-state index contributed by atoms with van der Waals surface area (Å²) in [5, 5.41) is 7.17. The van der Waals surface area contributed by atoms with E-state index in [9.17, 15) is 4.79 Å². The van der Waals surface area contributed by atoms with Gasteiger partial charge in [0.05, 0.1) is 24.9 Å². The summed E-state index contributed by atoms with van der Waals surface area (Å²) in [5.41, 5.74) is 4.93. The zero-order chi connectivity index (χ0) is 26.5. The molecule has 194 valence electrons. The third-order valence-electron chi connectivity index (χ3n) is 6.88. The molecule has 5 rings (SSSR count). The minimum atomic E-state index is -0.167. The predicted octanol–water partition coefficient (Wildman–Crippen LogP) is 5.44. The van der Waals surface area contributed by atoms with Crippen LogP contribution in [0.2, 0.25) is 0 Å². The fraction of sp³-hybridized carbons (Fsp3) is 0.233. The molecule has 1 aliphatic rings. The summed E-state index contributed by atoms with van der Waals surface area (Å²) in [5.74, 6) is 0.758. The summed E-state index contributed by atoms with van der Waals surface area (Å²) < 4.78 is 7.50. The number of carbonyl (C=O) groups excluding carboxylic acids is 1. The standard InChI is InChI=1S/C30H31N5O2S/c1-3-21-9-4-5-10-24(21)32-27(36)17-20-35-29(28(33-30(35)38)25-11-6-7-18-31-25)26-12-8-19-34(26)22-13-15-23(37-2)16-14-22/h4-16,18-19,28-29H,3,17,20H2,1-2H3,(H,32,36)(H,33,38)/t28-,29+/m0/s1. The Labute approximate surface area is 228 Å². The summed E-state index contributed by atoms with van der Waals surface area (Å²) in [4.78, 5) is 19.7. The third kappa shape index (κ3) is 5.26. The smallest absolute Gasteiger partial charge is 0.226 e. The Morgan fingerprint density at radius 3 is 2.58 bits per heavy atom. The van der Waals surface area contributed by atoms with Crippen LogP contribution in [0, 0.1) is 0 Å². The molecule has 0 aliphatic carbocycles. The van der Waals surface area contributed by atoms with Crippen LogP contribution in [0.3, 0.4) is 0 Å². The van der Waals surface area contributed by atoms with Crippen molar-refractivity contribution in [2.24, 2.45) is 0 Å². The Balaban J connectivity index is 1.43. The molecule has 0 spiro atoms. The van der Waals surface area contributed by atoms with Gasteiger partial charge in [-0.3, -0.25) is 9.78 Å². The van der Waals surface area contributed by atoms with E-state index in [1.54, 1.807) is 13.3 Å². The Morgan fingerprint density at radius 1 is 1.05 bits per heavy atom. The summed E-state index contributed by atoms with van der Waals surface area (Å²) in [6, 6.07) is 25.6. The van der Waals surface area contributed by atoms with Crippen LogP contribution in [0.5, 0.6) is 5.75 Å². The number of thiocarbonyl (C=S) groups is 1. The van der Waals surface area contributed by atoms with E-state index in [4.69, 9.17) is 17.0 Å². The second kappa shape index (κ2) is 11.5. The van der Waals surface area contributed by atoms with Gasteiger partial charge in [0, 0.05) is 42.4 Å². The molecule has 7 nitrogen and oxygen atoms in total. The van der Waals surface area contributed by atoms with E-state index in [-0.39, 0.29) is 18.0 Å². The molecule has 2 aromatic carbocycles. The van der Waals surface area contributed by atoms with E-state index in [1.807, 2.05) is 79.0 Å². The van der Waals surface area contributed by atoms with Gasteiger partial charge in [-0.1, -0.05) is 31.2 Å². The molecule has 2 N–H and O–H groups in total. The second-order valence-electron chi connectivity index (χ2n) is 9.13. The van der Waals surface area contributed by atoms with E-state index >= 15 is 0 Å². The van der Waals surface area contributed by atoms with E-state index in [0.29, 0.717) is 18.1 Å². The molecule has 38 heavy (non-hydrogen) atoms. The van der Waals surface area contributed by atoms with E-state index in [2.05, 4.69) is 38.1 Å². The number of aryl methyl sites for hydroxylation is 1. The molecule has 8 heteroatoms. The zero-order valence-electron chi connectivity index (χ0n) is 21.5. The number of hydrogen-bond acceptors (Lipinski definition) is 4. The van der Waals surface area contributed by atoms with Crippen molar-refractivity contribution in [3.63, 3.8) is 0 Å². The second-order valence-corrected chi connectivity index (χ2v) is 9.52. The van der Waals surface area contributed by atoms with Crippen LogP contribution in [-0.4, -0.2) is 39.1 Å². The predicted molar refractivity (Wildman–Crippen MR) is 154 cm³/mol. The molecule has 2 atom stereocenters. The molecule has 1 fully saturated rings. The molecule has 1 saturated heterocycles. The highest BCUT2D eigenvalue weighted by Gasteiger charge is 2.41. The monoisotopic (exact) mass is 525 g/mol. The lowest BCUT2D eigenvalue weighted by molar-refractivity contribution is -0.116. The number of carbonyl (C=O) groups is 1. The van der Waals surface area contributed by atoms with Gasteiger partial charge in [-0.05, 0) is 78.8 Å². The van der Waals surface area contributed by atoms with Crippen LogP contribution < -0.4 is 15.4 Å². The van der Waals surface area contributed by atoms with Gasteiger partial charge < -0.3 is 24.8 Å². The fourth-order valence-corrected chi connectivity index (χ4v) is 5.30. The maximum atomic E-state index is 13.0. The third-order valence-corrected chi connectivity index (χ3v) is 7.24. The van der Waals surface area contributed by atoms with Crippen LogP contribution in [-0.2, 0) is 11.2 Å². The molecule has 0 unspecified atom stereocenters. The van der Waals surface area contributed by atoms with Gasteiger partial charge in [0.25, 0.3) is 0 Å². The Kier molecular flexibility index (Phi) is 7.70. The average molecular weight is 526 g/mol. The molecular weight excluding hydrogens is 494 g/mol. The quantitative estimate of drug-likeness (QED) is 0.284. The molecule has 4 aromatic rings. The van der Waals surface area contributed by atoms with Crippen molar-refractivity contribution >= 4 is 28.9 Å². The maximum Gasteiger partial charge on any atom is 0.226 e. The lowest BCUT2D eigenvalue weighted by atomic mass is 10.0. The zero-order valence-corrected chi connectivity index (χ0v) is 22.3. The van der Waals surface area contributed by atoms with Gasteiger partial charge in [0.1, 0.15) is 5.75 Å². The first-order valence-corrected chi connectivity index (χ1v) is 13.2. The van der Waals surface area contributed by atoms with Crippen LogP contribution in [0.4, 0.5) is 5.69 Å². The van der Waals surface area contributed by atoms with E-state index in [0.717, 1.165) is 40.5 Å². The maximum absolute atomic E-state index is 13.0. The Morgan fingerprint density at radius 2 is 1.84 bits per heavy atom. The van der Waals surface area contributed by atoms with E-state index < -0.39 is 0 Å². The number of amides is 1. The van der Waals surface area contributed by atoms with Crippen molar-refractivity contribution in [2.75, 3.05) is 19.0 Å². The van der Waals surface area contributed by atoms with Crippen molar-refractivity contribution < 1.29 is 9.53 Å². The van der Waals surface area contributed by atoms with Gasteiger partial charge in [0.15, 0.2) is 5.11 Å². The van der Waals surface area contributed by atoms with Gasteiger partial charge in [-0.15, -0.1) is 0 Å². The molecule has 0 bridgehead atoms. The number of rotatable bonds is 9. The molecule has 0 radical (unpaired) electrons. The largest absolute Gasteiger partial charge is 0.497 e. The molecule has 1 aliphatic heterocycles. The topological polar surface area (TPSA) is 71.4 Å². The Bertz CT molecular complexity index is 1400. The highest BCUT2D eigenvalue weighted by atomic mass is 32.1. The number of anilines is 1. The van der Waals surface area contributed by atoms with Crippen molar-refractivity contribution in [2.45, 2.75) is 31.8 Å². The van der Waals surface area contributed by atoms with Gasteiger partial charge >= 0.3 is 0 Å². The normalized spacial score (nSPS) is 16.8. The van der Waals surface area contributed by atoms with E-state index in [1.165, 1.54) is 0 Å². The molecule has 2 aromatic heterocycles. The number of hydrogen-bond donors (Lipinski definition) is 2. The summed E-state index contributed by atoms with van der Waals surface area (Å²) in [6.07, 6.45) is 4.99. The lowest BCUT2D eigenvalue weighted by Gasteiger charge is -2.29. The summed E-state index contributed by atoms with van der Waals surface area (Å²) in [6.45, 7) is 2.55. The Hall–Kier alpha value is -4.17. The first kappa shape index (κ1) is 25.5. The first-order chi connectivity index (χ1) is 18.6.